The summed E-state index contributed by atoms with van der Waals surface area (Å²) in [6.07, 6.45) is 10.8. The van der Waals surface area contributed by atoms with Gasteiger partial charge in [0.2, 0.25) is 0 Å². The topological polar surface area (TPSA) is 134 Å². The van der Waals surface area contributed by atoms with E-state index in [1.807, 2.05) is 0 Å². The van der Waals surface area contributed by atoms with Crippen LogP contribution >= 0.6 is 0 Å². The van der Waals surface area contributed by atoms with E-state index in [0.29, 0.717) is 25.4 Å². The molecule has 0 rings (SSSR count). The Morgan fingerprint density at radius 2 is 1.24 bits per heavy atom. The zero-order chi connectivity index (χ0) is 40.9. The zero-order valence-electron chi connectivity index (χ0n) is 36.5. The van der Waals surface area contributed by atoms with E-state index >= 15 is 0 Å². The lowest BCUT2D eigenvalue weighted by molar-refractivity contribution is -0.140. The number of unbranched alkanes of at least 4 members (excludes halogenated alkanes) is 6. The van der Waals surface area contributed by atoms with E-state index in [2.05, 4.69) is 58.5 Å². The van der Waals surface area contributed by atoms with Gasteiger partial charge in [-0.3, -0.25) is 0 Å². The highest BCUT2D eigenvalue weighted by atomic mass is 28.4. The molecule has 0 bridgehead atoms. The number of hydrogen-bond acceptors (Lipinski definition) is 11. The summed E-state index contributed by atoms with van der Waals surface area (Å²) >= 11 is 0. The van der Waals surface area contributed by atoms with Gasteiger partial charge in [0.05, 0.1) is 40.6 Å². The molecule has 0 heterocycles. The van der Waals surface area contributed by atoms with Crippen LogP contribution < -0.4 is 5.32 Å². The average Bonchev–Trinajstić information content (AvgIpc) is 3.08. The lowest BCUT2D eigenvalue weighted by Crippen LogP contribution is -2.45. The summed E-state index contributed by atoms with van der Waals surface area (Å²) in [6.45, 7) is 26.0. The van der Waals surface area contributed by atoms with E-state index < -0.39 is 37.0 Å². The average molecular weight is 824 g/mol. The molecule has 0 fully saturated rings. The maximum absolute atomic E-state index is 11.3. The van der Waals surface area contributed by atoms with Crippen LogP contribution in [0.2, 0.25) is 56.9 Å². The minimum atomic E-state index is -1.95. The molecule has 0 saturated carbocycles. The Hall–Kier alpha value is -0.499. The van der Waals surface area contributed by atoms with Crippen molar-refractivity contribution in [2.24, 2.45) is 0 Å². The van der Waals surface area contributed by atoms with Crippen LogP contribution in [0.15, 0.2) is 12.2 Å². The van der Waals surface area contributed by atoms with E-state index in [4.69, 9.17) is 32.2 Å². The normalized spacial score (nSPS) is 14.0. The number of hydrogen-bond donors (Lipinski definition) is 3. The number of carbonyl (C=O) groups excluding carboxylic acids is 1. The van der Waals surface area contributed by atoms with Crippen molar-refractivity contribution in [2.75, 3.05) is 73.6 Å². The molecular formula is C40H85NO10Si3. The molecule has 0 aromatic heterocycles. The van der Waals surface area contributed by atoms with Crippen LogP contribution in [0.4, 0.5) is 0 Å². The second kappa shape index (κ2) is 30.6. The molecule has 11 nitrogen and oxygen atoms in total. The molecule has 0 aliphatic rings. The molecule has 0 aliphatic heterocycles. The van der Waals surface area contributed by atoms with Crippen molar-refractivity contribution in [1.82, 2.24) is 5.32 Å². The Morgan fingerprint density at radius 1 is 0.685 bits per heavy atom. The molecule has 54 heavy (non-hydrogen) atoms. The predicted octanol–water partition coefficient (Wildman–Crippen LogP) is 7.83. The van der Waals surface area contributed by atoms with Crippen LogP contribution in [0.1, 0.15) is 91.4 Å². The maximum Gasteiger partial charge on any atom is 0.334 e. The van der Waals surface area contributed by atoms with Gasteiger partial charge < -0.3 is 47.8 Å². The largest absolute Gasteiger partial charge is 0.460 e. The Kier molecular flexibility index (Phi) is 30.3. The van der Waals surface area contributed by atoms with E-state index in [9.17, 15) is 15.0 Å². The van der Waals surface area contributed by atoms with Gasteiger partial charge in [-0.1, -0.05) is 64.2 Å². The third-order valence-corrected chi connectivity index (χ3v) is 18.8. The smallest absolute Gasteiger partial charge is 0.334 e. The van der Waals surface area contributed by atoms with Gasteiger partial charge in [0, 0.05) is 38.6 Å². The summed E-state index contributed by atoms with van der Waals surface area (Å²) < 4.78 is 39.7. The third-order valence-electron chi connectivity index (χ3n) is 9.65. The Bertz CT molecular complexity index is 953. The van der Waals surface area contributed by atoms with Crippen LogP contribution in [0, 0.1) is 0 Å². The van der Waals surface area contributed by atoms with Crippen LogP contribution in [0.5, 0.6) is 0 Å². The quantitative estimate of drug-likeness (QED) is 0.0244. The first-order valence-electron chi connectivity index (χ1n) is 20.8. The Labute approximate surface area is 334 Å². The van der Waals surface area contributed by atoms with Gasteiger partial charge in [0.1, 0.15) is 12.7 Å². The van der Waals surface area contributed by atoms with E-state index in [1.54, 1.807) is 21.1 Å². The lowest BCUT2D eigenvalue weighted by Gasteiger charge is -2.40. The van der Waals surface area contributed by atoms with Gasteiger partial charge >= 0.3 is 14.5 Å². The number of aliphatic hydroxyl groups excluding tert-OH is 2. The molecule has 0 aromatic carbocycles. The molecule has 0 spiro atoms. The molecule has 14 heteroatoms. The summed E-state index contributed by atoms with van der Waals surface area (Å²) in [5.41, 5.74) is 0.242. The summed E-state index contributed by atoms with van der Waals surface area (Å²) in [5.74, 6) is -0.436. The number of aliphatic hydroxyl groups is 2. The maximum atomic E-state index is 11.3. The van der Waals surface area contributed by atoms with Crippen molar-refractivity contribution in [1.29, 1.82) is 0 Å². The molecular weight excluding hydrogens is 739 g/mol. The van der Waals surface area contributed by atoms with Crippen molar-refractivity contribution in [3.8, 4) is 0 Å². The second-order valence-electron chi connectivity index (χ2n) is 17.3. The van der Waals surface area contributed by atoms with Gasteiger partial charge in [-0.15, -0.1) is 0 Å². The summed E-state index contributed by atoms with van der Waals surface area (Å²) in [6, 6.07) is 4.52. The van der Waals surface area contributed by atoms with E-state index in [0.717, 1.165) is 76.5 Å². The highest BCUT2D eigenvalue weighted by Crippen LogP contribution is 2.32. The number of nitrogens with one attached hydrogen (secondary N) is 1. The predicted molar refractivity (Wildman–Crippen MR) is 229 cm³/mol. The molecule has 2 unspecified atom stereocenters. The number of carbonyl (C=O) groups is 1. The fourth-order valence-corrected chi connectivity index (χ4v) is 14.8. The summed E-state index contributed by atoms with van der Waals surface area (Å²) in [4.78, 5) is 11.3. The van der Waals surface area contributed by atoms with Crippen LogP contribution in [-0.2, 0) is 37.0 Å². The Morgan fingerprint density at radius 3 is 1.89 bits per heavy atom. The number of esters is 1. The minimum absolute atomic E-state index is 0.112. The van der Waals surface area contributed by atoms with Crippen molar-refractivity contribution in [2.45, 2.75) is 166 Å². The fraction of sp³-hybridized carbons (Fsp3) is 0.925. The first-order chi connectivity index (χ1) is 25.4. The molecule has 0 aromatic rings. The highest BCUT2D eigenvalue weighted by Gasteiger charge is 2.36. The standard InChI is InChI=1S/C40H85NO10Si3/c1-36(2)39(44)50-28-27-49-34-38(43)33-47-25-18-13-12-14-19-30-53(9,10)51-40(3,4)35-52(7,8)29-21-26-48-32-37(42)22-16-15-17-23-41-24-20-31-54(11,45-5)46-6/h37-38,41-43H,1,12-35H2,2-11H3. The van der Waals surface area contributed by atoms with Gasteiger partial charge in [-0.05, 0) is 104 Å². The van der Waals surface area contributed by atoms with Crippen molar-refractivity contribution < 1.29 is 47.2 Å². The van der Waals surface area contributed by atoms with Gasteiger partial charge in [0.15, 0.2) is 8.32 Å². The zero-order valence-corrected chi connectivity index (χ0v) is 39.5. The van der Waals surface area contributed by atoms with Gasteiger partial charge in [-0.25, -0.2) is 4.79 Å². The van der Waals surface area contributed by atoms with E-state index in [1.165, 1.54) is 31.4 Å². The molecule has 3 N–H and O–H groups in total. The van der Waals surface area contributed by atoms with E-state index in [-0.39, 0.29) is 38.1 Å². The van der Waals surface area contributed by atoms with Crippen LogP contribution in [0.25, 0.3) is 0 Å². The van der Waals surface area contributed by atoms with Crippen molar-refractivity contribution in [3.05, 3.63) is 12.2 Å². The molecule has 0 aliphatic carbocycles. The first-order valence-corrected chi connectivity index (χ1v) is 29.8. The van der Waals surface area contributed by atoms with Crippen molar-refractivity contribution >= 4 is 30.9 Å². The second-order valence-corrected chi connectivity index (χ2v) is 30.3. The molecule has 2 atom stereocenters. The minimum Gasteiger partial charge on any atom is -0.460 e. The van der Waals surface area contributed by atoms with Gasteiger partial charge in [0.25, 0.3) is 0 Å². The number of rotatable bonds is 38. The molecule has 322 valence electrons. The van der Waals surface area contributed by atoms with Crippen molar-refractivity contribution in [3.63, 3.8) is 0 Å². The highest BCUT2D eigenvalue weighted by molar-refractivity contribution is 6.77. The third kappa shape index (κ3) is 31.6. The summed E-state index contributed by atoms with van der Waals surface area (Å²) in [7, 11) is -1.71. The lowest BCUT2D eigenvalue weighted by atomic mass is 10.1. The fourth-order valence-electron chi connectivity index (χ4n) is 6.87. The van der Waals surface area contributed by atoms with Gasteiger partial charge in [-0.2, -0.15) is 0 Å². The monoisotopic (exact) mass is 824 g/mol. The van der Waals surface area contributed by atoms with Crippen LogP contribution in [0.3, 0.4) is 0 Å². The SMILES string of the molecule is C=C(C)C(=O)OCCOCC(O)COCCCCCCC[Si](C)(C)OC(C)(C)C[Si](C)(C)CCCOCC(O)CCCCCNCCC[Si](C)(OC)OC. The number of ether oxygens (including phenoxy) is 4. The van der Waals surface area contributed by atoms with Crippen LogP contribution in [-0.4, -0.2) is 133 Å². The molecule has 0 saturated heterocycles. The molecule has 0 radical (unpaired) electrons. The summed E-state index contributed by atoms with van der Waals surface area (Å²) in [5, 5.41) is 23.9. The Balaban J connectivity index is 3.93. The molecule has 0 amide bonds. The first kappa shape index (κ1) is 53.5.